The number of nitrogens with two attached hydrogens (primary N) is 1. The lowest BCUT2D eigenvalue weighted by molar-refractivity contribution is 0.204. The van der Waals surface area contributed by atoms with Gasteiger partial charge in [0.05, 0.1) is 6.04 Å². The molecule has 17 heavy (non-hydrogen) atoms. The zero-order chi connectivity index (χ0) is 13.0. The van der Waals surface area contributed by atoms with Crippen molar-refractivity contribution in [1.82, 2.24) is 9.80 Å². The minimum atomic E-state index is 0.354. The summed E-state index contributed by atoms with van der Waals surface area (Å²) < 4.78 is 0. The molecule has 2 atom stereocenters. The van der Waals surface area contributed by atoms with Crippen LogP contribution in [0.4, 0.5) is 0 Å². The van der Waals surface area contributed by atoms with Gasteiger partial charge in [0.15, 0.2) is 0 Å². The van der Waals surface area contributed by atoms with Crippen LogP contribution in [0.5, 0.6) is 0 Å². The van der Waals surface area contributed by atoms with Crippen molar-refractivity contribution in [3.8, 4) is 0 Å². The first-order chi connectivity index (χ1) is 7.95. The van der Waals surface area contributed by atoms with Crippen LogP contribution in [0.1, 0.15) is 27.2 Å². The summed E-state index contributed by atoms with van der Waals surface area (Å²) >= 11 is 0. The highest BCUT2D eigenvalue weighted by atomic mass is 15.2. The summed E-state index contributed by atoms with van der Waals surface area (Å²) in [6.07, 6.45) is 1.29. The molecule has 0 aromatic heterocycles. The summed E-state index contributed by atoms with van der Waals surface area (Å²) in [7, 11) is 2.20. The Labute approximate surface area is 107 Å². The van der Waals surface area contributed by atoms with Crippen molar-refractivity contribution in [2.45, 2.75) is 33.2 Å². The van der Waals surface area contributed by atoms with Gasteiger partial charge in [0.25, 0.3) is 0 Å². The largest absolute Gasteiger partial charge is 0.401 e. The lowest BCUT2D eigenvalue weighted by Crippen LogP contribution is -2.41. The fourth-order valence-corrected chi connectivity index (χ4v) is 2.92. The second kappa shape index (κ2) is 6.41. The van der Waals surface area contributed by atoms with E-state index < -0.39 is 0 Å². The van der Waals surface area contributed by atoms with Crippen molar-refractivity contribution in [3.63, 3.8) is 0 Å². The van der Waals surface area contributed by atoms with Crippen molar-refractivity contribution in [3.05, 3.63) is 12.3 Å². The fourth-order valence-electron chi connectivity index (χ4n) is 2.92. The third-order valence-electron chi connectivity index (χ3n) is 3.83. The topological polar surface area (TPSA) is 32.5 Å². The predicted octanol–water partition coefficient (Wildman–Crippen LogP) is 1.76. The summed E-state index contributed by atoms with van der Waals surface area (Å²) in [5, 5.41) is 0. The average molecular weight is 239 g/mol. The van der Waals surface area contributed by atoms with Gasteiger partial charge in [0.1, 0.15) is 0 Å². The highest BCUT2D eigenvalue weighted by Gasteiger charge is 2.30. The van der Waals surface area contributed by atoms with Crippen molar-refractivity contribution in [2.24, 2.45) is 17.6 Å². The van der Waals surface area contributed by atoms with E-state index in [2.05, 4.69) is 44.2 Å². The second-order valence-corrected chi connectivity index (χ2v) is 5.77. The highest BCUT2D eigenvalue weighted by Crippen LogP contribution is 2.24. The van der Waals surface area contributed by atoms with Gasteiger partial charge in [0.2, 0.25) is 0 Å². The smallest absolute Gasteiger partial charge is 0.0510 e. The molecule has 0 amide bonds. The van der Waals surface area contributed by atoms with E-state index in [1.807, 2.05) is 0 Å². The van der Waals surface area contributed by atoms with Crippen molar-refractivity contribution < 1.29 is 0 Å². The lowest BCUT2D eigenvalue weighted by atomic mass is 10.0. The van der Waals surface area contributed by atoms with Gasteiger partial charge in [-0.15, -0.1) is 0 Å². The molecule has 2 unspecified atom stereocenters. The Morgan fingerprint density at radius 3 is 2.65 bits per heavy atom. The normalized spacial score (nSPS) is 23.5. The fraction of sp³-hybridized carbons (Fsp3) is 0.857. The Hall–Kier alpha value is -0.540. The van der Waals surface area contributed by atoms with Crippen LogP contribution in [0.25, 0.3) is 0 Å². The molecule has 3 heteroatoms. The second-order valence-electron chi connectivity index (χ2n) is 5.77. The minimum Gasteiger partial charge on any atom is -0.401 e. The Kier molecular flexibility index (Phi) is 5.47. The van der Waals surface area contributed by atoms with Crippen LogP contribution in [0.15, 0.2) is 12.3 Å². The molecular formula is C14H29N3. The SMILES string of the molecule is C=C(N)C(C(C)C)N1CCC(CN(C)CC)C1. The van der Waals surface area contributed by atoms with E-state index in [1.165, 1.54) is 26.1 Å². The van der Waals surface area contributed by atoms with Gasteiger partial charge in [-0.3, -0.25) is 4.90 Å². The van der Waals surface area contributed by atoms with E-state index in [1.54, 1.807) is 0 Å². The van der Waals surface area contributed by atoms with Crippen LogP contribution < -0.4 is 5.73 Å². The van der Waals surface area contributed by atoms with Gasteiger partial charge < -0.3 is 10.6 Å². The third-order valence-corrected chi connectivity index (χ3v) is 3.83. The molecule has 0 spiro atoms. The van der Waals surface area contributed by atoms with Crippen molar-refractivity contribution >= 4 is 0 Å². The monoisotopic (exact) mass is 239 g/mol. The predicted molar refractivity (Wildman–Crippen MR) is 74.8 cm³/mol. The van der Waals surface area contributed by atoms with Crippen molar-refractivity contribution in [2.75, 3.05) is 33.2 Å². The van der Waals surface area contributed by atoms with E-state index in [4.69, 9.17) is 5.73 Å². The summed E-state index contributed by atoms with van der Waals surface area (Å²) in [6.45, 7) is 15.3. The molecule has 1 heterocycles. The molecule has 1 fully saturated rings. The summed E-state index contributed by atoms with van der Waals surface area (Å²) in [4.78, 5) is 4.91. The van der Waals surface area contributed by atoms with Crippen LogP contribution in [-0.4, -0.2) is 49.1 Å². The molecule has 1 rings (SSSR count). The number of hydrogen-bond donors (Lipinski definition) is 1. The molecule has 1 aliphatic heterocycles. The Morgan fingerprint density at radius 1 is 1.53 bits per heavy atom. The van der Waals surface area contributed by atoms with Crippen molar-refractivity contribution in [1.29, 1.82) is 0 Å². The molecule has 0 aromatic rings. The molecule has 0 aromatic carbocycles. The van der Waals surface area contributed by atoms with E-state index in [-0.39, 0.29) is 0 Å². The standard InChI is InChI=1S/C14H29N3/c1-6-16(5)9-13-7-8-17(10-13)14(11(2)3)12(4)15/h11,13-14H,4,6-10,15H2,1-3,5H3. The molecule has 3 nitrogen and oxygen atoms in total. The lowest BCUT2D eigenvalue weighted by Gasteiger charge is -2.31. The maximum Gasteiger partial charge on any atom is 0.0510 e. The van der Waals surface area contributed by atoms with Crippen LogP contribution >= 0.6 is 0 Å². The maximum atomic E-state index is 5.94. The molecular weight excluding hydrogens is 210 g/mol. The van der Waals surface area contributed by atoms with Crippen LogP contribution in [0.3, 0.4) is 0 Å². The zero-order valence-electron chi connectivity index (χ0n) is 11.9. The number of hydrogen-bond acceptors (Lipinski definition) is 3. The van der Waals surface area contributed by atoms with Gasteiger partial charge in [-0.2, -0.15) is 0 Å². The molecule has 0 radical (unpaired) electrons. The Balaban J connectivity index is 2.50. The Bertz CT molecular complexity index is 250. The third kappa shape index (κ3) is 4.00. The van der Waals surface area contributed by atoms with E-state index in [9.17, 15) is 0 Å². The molecule has 0 aliphatic carbocycles. The van der Waals surface area contributed by atoms with E-state index in [0.717, 1.165) is 18.2 Å². The molecule has 0 saturated carbocycles. The van der Waals surface area contributed by atoms with Gasteiger partial charge >= 0.3 is 0 Å². The molecule has 0 bridgehead atoms. The van der Waals surface area contributed by atoms with Gasteiger partial charge in [-0.05, 0) is 38.4 Å². The maximum absolute atomic E-state index is 5.94. The minimum absolute atomic E-state index is 0.354. The quantitative estimate of drug-likeness (QED) is 0.766. The summed E-state index contributed by atoms with van der Waals surface area (Å²) in [6, 6.07) is 0.354. The molecule has 100 valence electrons. The first kappa shape index (κ1) is 14.5. The summed E-state index contributed by atoms with van der Waals surface area (Å²) in [5.41, 5.74) is 6.77. The van der Waals surface area contributed by atoms with E-state index >= 15 is 0 Å². The zero-order valence-corrected chi connectivity index (χ0v) is 11.9. The van der Waals surface area contributed by atoms with E-state index in [0.29, 0.717) is 12.0 Å². The first-order valence-electron chi connectivity index (χ1n) is 6.82. The Morgan fingerprint density at radius 2 is 2.18 bits per heavy atom. The van der Waals surface area contributed by atoms with Crippen LogP contribution in [0.2, 0.25) is 0 Å². The van der Waals surface area contributed by atoms with Crippen LogP contribution in [-0.2, 0) is 0 Å². The molecule has 1 aliphatic rings. The highest BCUT2D eigenvalue weighted by molar-refractivity contribution is 5.04. The molecule has 1 saturated heterocycles. The number of rotatable bonds is 6. The van der Waals surface area contributed by atoms with Gasteiger partial charge in [-0.1, -0.05) is 27.4 Å². The van der Waals surface area contributed by atoms with Gasteiger partial charge in [0, 0.05) is 18.8 Å². The number of nitrogens with zero attached hydrogens (tertiary/aromatic N) is 2. The first-order valence-corrected chi connectivity index (χ1v) is 6.82. The van der Waals surface area contributed by atoms with Gasteiger partial charge in [-0.25, -0.2) is 0 Å². The molecule has 2 N–H and O–H groups in total. The average Bonchev–Trinajstić information content (AvgIpc) is 2.64. The number of likely N-dealkylation sites (tertiary alicyclic amines) is 1. The van der Waals surface area contributed by atoms with Crippen LogP contribution in [0, 0.1) is 11.8 Å². The summed E-state index contributed by atoms with van der Waals surface area (Å²) in [5.74, 6) is 1.34.